The minimum atomic E-state index is 0.538. The summed E-state index contributed by atoms with van der Waals surface area (Å²) >= 11 is 3.38. The van der Waals surface area contributed by atoms with Crippen LogP contribution in [0.3, 0.4) is 0 Å². The van der Waals surface area contributed by atoms with Crippen LogP contribution in [-0.2, 0) is 0 Å². The maximum atomic E-state index is 5.71. The van der Waals surface area contributed by atoms with E-state index in [2.05, 4.69) is 20.9 Å². The van der Waals surface area contributed by atoms with E-state index in [1.165, 1.54) is 0 Å². The third kappa shape index (κ3) is 2.33. The van der Waals surface area contributed by atoms with E-state index >= 15 is 0 Å². The third-order valence-corrected chi connectivity index (χ3v) is 2.75. The monoisotopic (exact) mass is 278 g/mol. The van der Waals surface area contributed by atoms with Gasteiger partial charge < -0.3 is 10.5 Å². The second-order valence-corrected chi connectivity index (χ2v) is 4.27. The third-order valence-electron chi connectivity index (χ3n) is 2.14. The summed E-state index contributed by atoms with van der Waals surface area (Å²) in [4.78, 5) is 4.13. The predicted octanol–water partition coefficient (Wildman–Crippen LogP) is 3.53. The van der Waals surface area contributed by atoms with Gasteiger partial charge >= 0.3 is 0 Å². The SMILES string of the molecule is Cc1ccc(N)cc1Oc1ncccc1Br. The van der Waals surface area contributed by atoms with Gasteiger partial charge in [-0.15, -0.1) is 0 Å². The first-order valence-corrected chi connectivity index (χ1v) is 5.60. The summed E-state index contributed by atoms with van der Waals surface area (Å²) in [6.45, 7) is 1.96. The molecule has 0 saturated carbocycles. The van der Waals surface area contributed by atoms with Crippen molar-refractivity contribution in [2.45, 2.75) is 6.92 Å². The fourth-order valence-electron chi connectivity index (χ4n) is 1.28. The van der Waals surface area contributed by atoms with E-state index in [-0.39, 0.29) is 0 Å². The normalized spacial score (nSPS) is 10.1. The Morgan fingerprint density at radius 3 is 2.88 bits per heavy atom. The van der Waals surface area contributed by atoms with Gasteiger partial charge in [0.1, 0.15) is 5.75 Å². The number of benzene rings is 1. The number of nitrogens with zero attached hydrogens (tertiary/aromatic N) is 1. The molecule has 2 aromatic rings. The Morgan fingerprint density at radius 2 is 2.12 bits per heavy atom. The van der Waals surface area contributed by atoms with Crippen molar-refractivity contribution in [3.8, 4) is 11.6 Å². The molecule has 0 amide bonds. The first kappa shape index (κ1) is 11.0. The summed E-state index contributed by atoms with van der Waals surface area (Å²) in [7, 11) is 0. The Kier molecular flexibility index (Phi) is 3.10. The molecular weight excluding hydrogens is 268 g/mol. The molecule has 0 bridgehead atoms. The van der Waals surface area contributed by atoms with Crippen molar-refractivity contribution in [1.29, 1.82) is 0 Å². The van der Waals surface area contributed by atoms with Crippen LogP contribution in [0.4, 0.5) is 5.69 Å². The fraction of sp³-hybridized carbons (Fsp3) is 0.0833. The second kappa shape index (κ2) is 4.53. The predicted molar refractivity (Wildman–Crippen MR) is 67.6 cm³/mol. The Morgan fingerprint density at radius 1 is 1.31 bits per heavy atom. The zero-order valence-electron chi connectivity index (χ0n) is 8.77. The Balaban J connectivity index is 2.34. The molecular formula is C12H11BrN2O. The highest BCUT2D eigenvalue weighted by molar-refractivity contribution is 9.10. The van der Waals surface area contributed by atoms with Crippen LogP contribution in [0.15, 0.2) is 41.0 Å². The highest BCUT2D eigenvalue weighted by atomic mass is 79.9. The van der Waals surface area contributed by atoms with Gasteiger partial charge in [-0.25, -0.2) is 4.98 Å². The molecule has 0 aliphatic carbocycles. The number of rotatable bonds is 2. The second-order valence-electron chi connectivity index (χ2n) is 3.42. The smallest absolute Gasteiger partial charge is 0.233 e. The number of pyridine rings is 1. The summed E-state index contributed by atoms with van der Waals surface area (Å²) < 4.78 is 6.50. The van der Waals surface area contributed by atoms with E-state index in [4.69, 9.17) is 10.5 Å². The van der Waals surface area contributed by atoms with Gasteiger partial charge in [0.2, 0.25) is 5.88 Å². The summed E-state index contributed by atoms with van der Waals surface area (Å²) in [5.74, 6) is 1.26. The number of nitrogen functional groups attached to an aromatic ring is 1. The van der Waals surface area contributed by atoms with E-state index in [1.54, 1.807) is 12.3 Å². The van der Waals surface area contributed by atoms with Crippen molar-refractivity contribution in [2.75, 3.05) is 5.73 Å². The molecule has 82 valence electrons. The summed E-state index contributed by atoms with van der Waals surface area (Å²) in [6.07, 6.45) is 1.68. The van der Waals surface area contributed by atoms with Crippen LogP contribution in [0, 0.1) is 6.92 Å². The molecule has 0 radical (unpaired) electrons. The minimum absolute atomic E-state index is 0.538. The van der Waals surface area contributed by atoms with Crippen molar-refractivity contribution < 1.29 is 4.74 Å². The van der Waals surface area contributed by atoms with Crippen LogP contribution in [0.5, 0.6) is 11.6 Å². The zero-order chi connectivity index (χ0) is 11.5. The number of hydrogen-bond acceptors (Lipinski definition) is 3. The van der Waals surface area contributed by atoms with Crippen LogP contribution in [-0.4, -0.2) is 4.98 Å². The molecule has 0 aliphatic heterocycles. The van der Waals surface area contributed by atoms with E-state index in [0.717, 1.165) is 15.8 Å². The Hall–Kier alpha value is -1.55. The minimum Gasteiger partial charge on any atom is -0.438 e. The van der Waals surface area contributed by atoms with Crippen molar-refractivity contribution in [2.24, 2.45) is 0 Å². The van der Waals surface area contributed by atoms with Crippen molar-refractivity contribution in [3.63, 3.8) is 0 Å². The fourth-order valence-corrected chi connectivity index (χ4v) is 1.61. The highest BCUT2D eigenvalue weighted by Gasteiger charge is 2.05. The average Bonchev–Trinajstić information content (AvgIpc) is 2.27. The molecule has 1 aromatic heterocycles. The van der Waals surface area contributed by atoms with Gasteiger partial charge in [-0.05, 0) is 46.6 Å². The molecule has 1 aromatic carbocycles. The van der Waals surface area contributed by atoms with Gasteiger partial charge in [0.05, 0.1) is 4.47 Å². The summed E-state index contributed by atoms with van der Waals surface area (Å²) in [5.41, 5.74) is 7.40. The number of anilines is 1. The number of halogens is 1. The maximum Gasteiger partial charge on any atom is 0.233 e. The molecule has 1 heterocycles. The highest BCUT2D eigenvalue weighted by Crippen LogP contribution is 2.30. The van der Waals surface area contributed by atoms with Crippen molar-refractivity contribution >= 4 is 21.6 Å². The average molecular weight is 279 g/mol. The van der Waals surface area contributed by atoms with Crippen LogP contribution < -0.4 is 10.5 Å². The molecule has 4 heteroatoms. The van der Waals surface area contributed by atoms with E-state index in [0.29, 0.717) is 11.6 Å². The number of ether oxygens (including phenoxy) is 1. The first-order chi connectivity index (χ1) is 7.66. The molecule has 0 fully saturated rings. The van der Waals surface area contributed by atoms with Gasteiger partial charge in [0.25, 0.3) is 0 Å². The van der Waals surface area contributed by atoms with Gasteiger partial charge in [-0.2, -0.15) is 0 Å². The Bertz CT molecular complexity index is 514. The molecule has 3 nitrogen and oxygen atoms in total. The largest absolute Gasteiger partial charge is 0.438 e. The number of hydrogen-bond donors (Lipinski definition) is 1. The van der Waals surface area contributed by atoms with Gasteiger partial charge in [0.15, 0.2) is 0 Å². The molecule has 0 spiro atoms. The van der Waals surface area contributed by atoms with Crippen LogP contribution in [0.1, 0.15) is 5.56 Å². The zero-order valence-corrected chi connectivity index (χ0v) is 10.4. The lowest BCUT2D eigenvalue weighted by atomic mass is 10.2. The first-order valence-electron chi connectivity index (χ1n) is 4.81. The van der Waals surface area contributed by atoms with Crippen molar-refractivity contribution in [1.82, 2.24) is 4.98 Å². The summed E-state index contributed by atoms with van der Waals surface area (Å²) in [5, 5.41) is 0. The summed E-state index contributed by atoms with van der Waals surface area (Å²) in [6, 6.07) is 9.26. The van der Waals surface area contributed by atoms with E-state index < -0.39 is 0 Å². The Labute approximate surface area is 102 Å². The topological polar surface area (TPSA) is 48.1 Å². The van der Waals surface area contributed by atoms with Crippen LogP contribution in [0.25, 0.3) is 0 Å². The van der Waals surface area contributed by atoms with Crippen LogP contribution in [0.2, 0.25) is 0 Å². The molecule has 2 N–H and O–H groups in total. The number of aryl methyl sites for hydroxylation is 1. The maximum absolute atomic E-state index is 5.71. The molecule has 0 saturated heterocycles. The molecule has 0 atom stereocenters. The lowest BCUT2D eigenvalue weighted by Gasteiger charge is -2.09. The van der Waals surface area contributed by atoms with Crippen molar-refractivity contribution in [3.05, 3.63) is 46.6 Å². The van der Waals surface area contributed by atoms with Gasteiger partial charge in [0, 0.05) is 18.0 Å². The standard InChI is InChI=1S/C12H11BrN2O/c1-8-4-5-9(14)7-11(8)16-12-10(13)3-2-6-15-12/h2-7H,14H2,1H3. The molecule has 16 heavy (non-hydrogen) atoms. The van der Waals surface area contributed by atoms with Gasteiger partial charge in [-0.1, -0.05) is 6.07 Å². The molecule has 2 rings (SSSR count). The van der Waals surface area contributed by atoms with E-state index in [9.17, 15) is 0 Å². The van der Waals surface area contributed by atoms with E-state index in [1.807, 2.05) is 31.2 Å². The lowest BCUT2D eigenvalue weighted by molar-refractivity contribution is 0.456. The number of aromatic nitrogens is 1. The number of nitrogens with two attached hydrogens (primary N) is 1. The lowest BCUT2D eigenvalue weighted by Crippen LogP contribution is -1.93. The quantitative estimate of drug-likeness (QED) is 0.855. The van der Waals surface area contributed by atoms with Gasteiger partial charge in [-0.3, -0.25) is 0 Å². The molecule has 0 aliphatic rings. The molecule has 0 unspecified atom stereocenters. The van der Waals surface area contributed by atoms with Crippen LogP contribution >= 0.6 is 15.9 Å².